The van der Waals surface area contributed by atoms with Gasteiger partial charge in [-0.05, 0) is 24.2 Å². The van der Waals surface area contributed by atoms with Crippen molar-refractivity contribution in [3.05, 3.63) is 0 Å². The first kappa shape index (κ1) is 14.3. The Morgan fingerprint density at radius 3 is 2.40 bits per heavy atom. The van der Waals surface area contributed by atoms with Crippen molar-refractivity contribution in [3.63, 3.8) is 0 Å². The van der Waals surface area contributed by atoms with Crippen LogP contribution in [0.5, 0.6) is 0 Å². The van der Waals surface area contributed by atoms with E-state index in [9.17, 15) is 4.79 Å². The van der Waals surface area contributed by atoms with Crippen LogP contribution in [0, 0.1) is 11.3 Å². The first-order valence-corrected chi connectivity index (χ1v) is 8.11. The number of amides is 1. The summed E-state index contributed by atoms with van der Waals surface area (Å²) < 4.78 is 0. The summed E-state index contributed by atoms with van der Waals surface area (Å²) in [6, 6.07) is -0.0452. The van der Waals surface area contributed by atoms with Crippen molar-refractivity contribution in [3.8, 4) is 0 Å². The number of fused-ring (bicyclic) bond motifs is 1. The number of carbonyl (C=O) groups excluding carboxylic acids is 1. The van der Waals surface area contributed by atoms with E-state index in [4.69, 9.17) is 4.84 Å². The Kier molecular flexibility index (Phi) is 3.57. The van der Waals surface area contributed by atoms with Gasteiger partial charge in [0, 0.05) is 13.5 Å². The topological polar surface area (TPSA) is 32.8 Å². The number of nitrogens with zero attached hydrogens (tertiary/aromatic N) is 2. The third-order valence-corrected chi connectivity index (χ3v) is 5.21. The zero-order valence-corrected chi connectivity index (χ0v) is 13.3. The molecule has 20 heavy (non-hydrogen) atoms. The highest BCUT2D eigenvalue weighted by Crippen LogP contribution is 2.43. The number of hydrogen-bond acceptors (Lipinski definition) is 3. The fourth-order valence-electron chi connectivity index (χ4n) is 4.31. The van der Waals surface area contributed by atoms with Gasteiger partial charge >= 0.3 is 0 Å². The molecule has 3 atom stereocenters. The summed E-state index contributed by atoms with van der Waals surface area (Å²) in [5, 5.41) is 2.02. The summed E-state index contributed by atoms with van der Waals surface area (Å²) in [6.45, 7) is 6.55. The molecule has 114 valence electrons. The molecular weight excluding hydrogens is 252 g/mol. The summed E-state index contributed by atoms with van der Waals surface area (Å²) in [4.78, 5) is 20.6. The fraction of sp³-hybridized carbons (Fsp3) is 0.938. The van der Waals surface area contributed by atoms with E-state index in [0.717, 1.165) is 6.42 Å². The second-order valence-electron chi connectivity index (χ2n) is 7.84. The molecule has 4 nitrogen and oxygen atoms in total. The van der Waals surface area contributed by atoms with Gasteiger partial charge in [-0.3, -0.25) is 9.63 Å². The Bertz CT molecular complexity index is 384. The van der Waals surface area contributed by atoms with Crippen LogP contribution in [0.15, 0.2) is 0 Å². The third-order valence-electron chi connectivity index (χ3n) is 5.21. The second kappa shape index (κ2) is 4.99. The van der Waals surface area contributed by atoms with Gasteiger partial charge in [0.05, 0.1) is 6.10 Å². The van der Waals surface area contributed by atoms with Crippen LogP contribution >= 0.6 is 0 Å². The van der Waals surface area contributed by atoms with Crippen LogP contribution < -0.4 is 0 Å². The standard InChI is InChI=1S/C16H28N2O2/c1-16(2,3)15-17(4)14(19)12-10-13(20-18(12)15)11-8-6-5-7-9-11/h11-13,15H,5-10H2,1-4H3/t12-,13-,15-/m0/s1. The minimum Gasteiger partial charge on any atom is -0.326 e. The van der Waals surface area contributed by atoms with Gasteiger partial charge in [-0.15, -0.1) is 0 Å². The van der Waals surface area contributed by atoms with E-state index < -0.39 is 0 Å². The van der Waals surface area contributed by atoms with Crippen LogP contribution in [0.1, 0.15) is 59.3 Å². The van der Waals surface area contributed by atoms with Gasteiger partial charge in [-0.2, -0.15) is 5.06 Å². The molecule has 1 amide bonds. The maximum Gasteiger partial charge on any atom is 0.243 e. The summed E-state index contributed by atoms with van der Waals surface area (Å²) in [6.07, 6.45) is 7.78. The molecule has 0 N–H and O–H groups in total. The van der Waals surface area contributed by atoms with E-state index in [1.54, 1.807) is 0 Å². The molecule has 0 radical (unpaired) electrons. The summed E-state index contributed by atoms with van der Waals surface area (Å²) >= 11 is 0. The number of likely N-dealkylation sites (N-methyl/N-ethyl adjacent to an activating group) is 1. The highest BCUT2D eigenvalue weighted by atomic mass is 16.7. The fourth-order valence-corrected chi connectivity index (χ4v) is 4.31. The lowest BCUT2D eigenvalue weighted by Crippen LogP contribution is -2.47. The van der Waals surface area contributed by atoms with E-state index in [2.05, 4.69) is 20.8 Å². The van der Waals surface area contributed by atoms with Crippen LogP contribution in [0.3, 0.4) is 0 Å². The average molecular weight is 280 g/mol. The zero-order valence-electron chi connectivity index (χ0n) is 13.3. The van der Waals surface area contributed by atoms with Crippen molar-refractivity contribution in [1.82, 2.24) is 9.96 Å². The monoisotopic (exact) mass is 280 g/mol. The summed E-state index contributed by atoms with van der Waals surface area (Å²) in [5.41, 5.74) is 0.0145. The van der Waals surface area contributed by atoms with Gasteiger partial charge in [-0.25, -0.2) is 0 Å². The van der Waals surface area contributed by atoms with Crippen molar-refractivity contribution in [2.75, 3.05) is 7.05 Å². The second-order valence-corrected chi connectivity index (χ2v) is 7.84. The number of rotatable bonds is 1. The van der Waals surface area contributed by atoms with Crippen LogP contribution in [-0.2, 0) is 9.63 Å². The van der Waals surface area contributed by atoms with E-state index in [-0.39, 0.29) is 29.6 Å². The zero-order chi connectivity index (χ0) is 14.5. The molecule has 4 heteroatoms. The van der Waals surface area contributed by atoms with E-state index in [1.807, 2.05) is 17.0 Å². The average Bonchev–Trinajstić information content (AvgIpc) is 2.90. The lowest BCUT2D eigenvalue weighted by Gasteiger charge is -2.37. The molecule has 0 bridgehead atoms. The van der Waals surface area contributed by atoms with Gasteiger partial charge in [0.25, 0.3) is 0 Å². The molecule has 2 aliphatic heterocycles. The van der Waals surface area contributed by atoms with E-state index >= 15 is 0 Å². The summed E-state index contributed by atoms with van der Waals surface area (Å²) in [5.74, 6) is 0.899. The van der Waals surface area contributed by atoms with E-state index in [0.29, 0.717) is 5.92 Å². The normalized spacial score (nSPS) is 36.7. The molecule has 0 aromatic rings. The molecule has 0 unspecified atom stereocenters. The largest absolute Gasteiger partial charge is 0.326 e. The molecule has 2 saturated heterocycles. The molecule has 1 aliphatic carbocycles. The van der Waals surface area contributed by atoms with Crippen molar-refractivity contribution in [2.24, 2.45) is 11.3 Å². The maximum absolute atomic E-state index is 12.5. The molecule has 3 fully saturated rings. The van der Waals surface area contributed by atoms with Crippen LogP contribution in [0.25, 0.3) is 0 Å². The van der Waals surface area contributed by atoms with Gasteiger partial charge in [0.1, 0.15) is 12.2 Å². The number of hydroxylamine groups is 2. The maximum atomic E-state index is 12.5. The first-order chi connectivity index (χ1) is 9.39. The molecule has 3 aliphatic rings. The molecule has 0 aromatic heterocycles. The lowest BCUT2D eigenvalue weighted by molar-refractivity contribution is -0.219. The number of carbonyl (C=O) groups is 1. The third kappa shape index (κ3) is 2.27. The Morgan fingerprint density at radius 1 is 1.15 bits per heavy atom. The number of hydrogen-bond donors (Lipinski definition) is 0. The van der Waals surface area contributed by atoms with Crippen LogP contribution in [0.4, 0.5) is 0 Å². The molecular formula is C16H28N2O2. The minimum atomic E-state index is -0.0452. The first-order valence-electron chi connectivity index (χ1n) is 8.11. The molecule has 2 heterocycles. The minimum absolute atomic E-state index is 0.0145. The van der Waals surface area contributed by atoms with Gasteiger partial charge in [0.15, 0.2) is 0 Å². The van der Waals surface area contributed by atoms with Gasteiger partial charge in [0.2, 0.25) is 5.91 Å². The lowest BCUT2D eigenvalue weighted by atomic mass is 9.83. The Labute approximate surface area is 122 Å². The molecule has 1 saturated carbocycles. The highest BCUT2D eigenvalue weighted by Gasteiger charge is 2.55. The smallest absolute Gasteiger partial charge is 0.243 e. The molecule has 3 rings (SSSR count). The molecule has 0 aromatic carbocycles. The molecule has 0 spiro atoms. The van der Waals surface area contributed by atoms with Crippen molar-refractivity contribution in [2.45, 2.75) is 77.6 Å². The van der Waals surface area contributed by atoms with Crippen molar-refractivity contribution >= 4 is 5.91 Å². The van der Waals surface area contributed by atoms with Crippen LogP contribution in [-0.4, -0.2) is 41.2 Å². The Balaban J connectivity index is 1.75. The Morgan fingerprint density at radius 2 is 1.80 bits per heavy atom. The highest BCUT2D eigenvalue weighted by molar-refractivity contribution is 5.84. The quantitative estimate of drug-likeness (QED) is 0.740. The predicted octanol–water partition coefficient (Wildman–Crippen LogP) is 2.79. The Hall–Kier alpha value is -0.610. The van der Waals surface area contributed by atoms with Gasteiger partial charge in [-0.1, -0.05) is 40.0 Å². The van der Waals surface area contributed by atoms with E-state index in [1.165, 1.54) is 32.1 Å². The SMILES string of the molecule is CN1C(=O)[C@@H]2C[C@@H](C3CCCCC3)ON2[C@H]1C(C)(C)C. The van der Waals surface area contributed by atoms with Crippen molar-refractivity contribution in [1.29, 1.82) is 0 Å². The summed E-state index contributed by atoms with van der Waals surface area (Å²) in [7, 11) is 1.91. The van der Waals surface area contributed by atoms with Gasteiger partial charge < -0.3 is 4.90 Å². The van der Waals surface area contributed by atoms with Crippen molar-refractivity contribution < 1.29 is 9.63 Å². The van der Waals surface area contributed by atoms with Crippen LogP contribution in [0.2, 0.25) is 0 Å². The predicted molar refractivity (Wildman–Crippen MR) is 77.7 cm³/mol.